The van der Waals surface area contributed by atoms with E-state index in [0.29, 0.717) is 27.4 Å². The van der Waals surface area contributed by atoms with Gasteiger partial charge >= 0.3 is 0 Å². The van der Waals surface area contributed by atoms with Crippen molar-refractivity contribution in [3.8, 4) is 11.5 Å². The van der Waals surface area contributed by atoms with Crippen LogP contribution in [0.1, 0.15) is 36.8 Å². The SMILES string of the molecule is CCc1cnc(N2CCC(c3ccc4oc(-c5ccc(Br)cc5F)nc4c3)CC2)nc1. The second kappa shape index (κ2) is 8.38. The van der Waals surface area contributed by atoms with E-state index in [1.165, 1.54) is 11.6 Å². The van der Waals surface area contributed by atoms with Gasteiger partial charge in [0.1, 0.15) is 11.3 Å². The second-order valence-corrected chi connectivity index (χ2v) is 8.79. The van der Waals surface area contributed by atoms with Gasteiger partial charge in [-0.05, 0) is 66.6 Å². The van der Waals surface area contributed by atoms with Crippen LogP contribution in [0, 0.1) is 5.82 Å². The van der Waals surface area contributed by atoms with E-state index in [2.05, 4.69) is 54.8 Å². The van der Waals surface area contributed by atoms with E-state index in [9.17, 15) is 4.39 Å². The molecule has 31 heavy (non-hydrogen) atoms. The number of aromatic nitrogens is 3. The van der Waals surface area contributed by atoms with Crippen molar-refractivity contribution >= 4 is 33.0 Å². The third-order valence-electron chi connectivity index (χ3n) is 5.92. The highest BCUT2D eigenvalue weighted by Crippen LogP contribution is 2.33. The summed E-state index contributed by atoms with van der Waals surface area (Å²) in [4.78, 5) is 15.8. The van der Waals surface area contributed by atoms with Crippen LogP contribution in [0.25, 0.3) is 22.6 Å². The molecule has 4 aromatic rings. The van der Waals surface area contributed by atoms with E-state index in [0.717, 1.165) is 49.4 Å². The van der Waals surface area contributed by atoms with Crippen LogP contribution in [0.4, 0.5) is 10.3 Å². The molecule has 158 valence electrons. The maximum atomic E-state index is 14.3. The van der Waals surface area contributed by atoms with Crippen molar-refractivity contribution in [1.29, 1.82) is 0 Å². The second-order valence-electron chi connectivity index (χ2n) is 7.88. The minimum atomic E-state index is -0.359. The van der Waals surface area contributed by atoms with Gasteiger partial charge in [0.15, 0.2) is 5.58 Å². The van der Waals surface area contributed by atoms with Crippen molar-refractivity contribution in [2.45, 2.75) is 32.1 Å². The number of fused-ring (bicyclic) bond motifs is 1. The van der Waals surface area contributed by atoms with Gasteiger partial charge in [0.25, 0.3) is 0 Å². The molecule has 0 N–H and O–H groups in total. The third-order valence-corrected chi connectivity index (χ3v) is 6.42. The highest BCUT2D eigenvalue weighted by atomic mass is 79.9. The van der Waals surface area contributed by atoms with E-state index in [1.807, 2.05) is 18.5 Å². The Morgan fingerprint density at radius 1 is 1.10 bits per heavy atom. The number of piperidine rings is 1. The van der Waals surface area contributed by atoms with E-state index >= 15 is 0 Å². The number of rotatable bonds is 4. The molecule has 0 bridgehead atoms. The van der Waals surface area contributed by atoms with Crippen LogP contribution in [-0.4, -0.2) is 28.0 Å². The van der Waals surface area contributed by atoms with Crippen LogP contribution in [0.3, 0.4) is 0 Å². The minimum Gasteiger partial charge on any atom is -0.436 e. The van der Waals surface area contributed by atoms with Gasteiger partial charge in [-0.1, -0.05) is 28.9 Å². The van der Waals surface area contributed by atoms with E-state index in [4.69, 9.17) is 4.42 Å². The third kappa shape index (κ3) is 4.06. The summed E-state index contributed by atoms with van der Waals surface area (Å²) in [6.45, 7) is 3.94. The molecule has 1 aliphatic heterocycles. The Bertz CT molecular complexity index is 1220. The highest BCUT2D eigenvalue weighted by Gasteiger charge is 2.23. The molecule has 3 heterocycles. The molecular weight excluding hydrogens is 459 g/mol. The Morgan fingerprint density at radius 3 is 2.58 bits per heavy atom. The summed E-state index contributed by atoms with van der Waals surface area (Å²) < 4.78 is 20.8. The molecule has 2 aromatic heterocycles. The molecule has 1 fully saturated rings. The minimum absolute atomic E-state index is 0.305. The number of halogens is 2. The van der Waals surface area contributed by atoms with Crippen molar-refractivity contribution in [2.24, 2.45) is 0 Å². The van der Waals surface area contributed by atoms with Crippen LogP contribution in [-0.2, 0) is 6.42 Å². The first kappa shape index (κ1) is 20.1. The summed E-state index contributed by atoms with van der Waals surface area (Å²) in [6, 6.07) is 11.0. The normalized spacial score (nSPS) is 15.0. The van der Waals surface area contributed by atoms with Crippen LogP contribution >= 0.6 is 15.9 Å². The molecular formula is C24H22BrFN4O. The molecule has 1 saturated heterocycles. The summed E-state index contributed by atoms with van der Waals surface area (Å²) in [5.41, 5.74) is 4.19. The Balaban J connectivity index is 1.32. The molecule has 0 aliphatic carbocycles. The zero-order chi connectivity index (χ0) is 21.4. The fraction of sp³-hybridized carbons (Fsp3) is 0.292. The van der Waals surface area contributed by atoms with Gasteiger partial charge in [-0.2, -0.15) is 0 Å². The van der Waals surface area contributed by atoms with Gasteiger partial charge in [-0.15, -0.1) is 0 Å². The van der Waals surface area contributed by atoms with Gasteiger partial charge in [0.05, 0.1) is 5.56 Å². The zero-order valence-electron chi connectivity index (χ0n) is 17.2. The van der Waals surface area contributed by atoms with Gasteiger partial charge in [0.2, 0.25) is 11.8 Å². The molecule has 5 nitrogen and oxygen atoms in total. The molecule has 7 heteroatoms. The van der Waals surface area contributed by atoms with Crippen LogP contribution in [0.5, 0.6) is 0 Å². The monoisotopic (exact) mass is 480 g/mol. The van der Waals surface area contributed by atoms with Crippen molar-refractivity contribution in [2.75, 3.05) is 18.0 Å². The molecule has 0 radical (unpaired) electrons. The average molecular weight is 481 g/mol. The molecule has 0 amide bonds. The maximum absolute atomic E-state index is 14.3. The van der Waals surface area contributed by atoms with Gasteiger partial charge in [0, 0.05) is 30.0 Å². The molecule has 1 aliphatic rings. The fourth-order valence-electron chi connectivity index (χ4n) is 4.08. The topological polar surface area (TPSA) is 55.1 Å². The lowest BCUT2D eigenvalue weighted by Gasteiger charge is -2.32. The predicted octanol–water partition coefficient (Wildman–Crippen LogP) is 6.13. The summed E-state index contributed by atoms with van der Waals surface area (Å²) in [5.74, 6) is 1.20. The maximum Gasteiger partial charge on any atom is 0.230 e. The Hall–Kier alpha value is -2.80. The lowest BCUT2D eigenvalue weighted by molar-refractivity contribution is 0.499. The predicted molar refractivity (Wildman–Crippen MR) is 123 cm³/mol. The van der Waals surface area contributed by atoms with Gasteiger partial charge in [-0.3, -0.25) is 0 Å². The van der Waals surface area contributed by atoms with E-state index in [-0.39, 0.29) is 5.82 Å². The van der Waals surface area contributed by atoms with Crippen LogP contribution in [0.15, 0.2) is 57.7 Å². The molecule has 0 saturated carbocycles. The summed E-state index contributed by atoms with van der Waals surface area (Å²) >= 11 is 3.28. The summed E-state index contributed by atoms with van der Waals surface area (Å²) in [6.07, 6.45) is 6.83. The molecule has 0 unspecified atom stereocenters. The number of anilines is 1. The lowest BCUT2D eigenvalue weighted by atomic mass is 9.89. The Kier molecular flexibility index (Phi) is 5.44. The summed E-state index contributed by atoms with van der Waals surface area (Å²) in [7, 11) is 0. The van der Waals surface area contributed by atoms with Crippen molar-refractivity contribution in [3.63, 3.8) is 0 Å². The van der Waals surface area contributed by atoms with Gasteiger partial charge in [-0.25, -0.2) is 19.3 Å². The molecule has 5 rings (SSSR count). The first-order valence-corrected chi connectivity index (χ1v) is 11.3. The number of aryl methyl sites for hydroxylation is 1. The number of nitrogens with zero attached hydrogens (tertiary/aromatic N) is 4. The van der Waals surface area contributed by atoms with E-state index in [1.54, 1.807) is 12.1 Å². The zero-order valence-corrected chi connectivity index (χ0v) is 18.8. The smallest absolute Gasteiger partial charge is 0.230 e. The highest BCUT2D eigenvalue weighted by molar-refractivity contribution is 9.10. The number of hydrogen-bond acceptors (Lipinski definition) is 5. The average Bonchev–Trinajstić information content (AvgIpc) is 3.22. The molecule has 2 aromatic carbocycles. The first-order valence-electron chi connectivity index (χ1n) is 10.5. The molecule has 0 atom stereocenters. The Labute approximate surface area is 188 Å². The van der Waals surface area contributed by atoms with Crippen LogP contribution in [0.2, 0.25) is 0 Å². The quantitative estimate of drug-likeness (QED) is 0.351. The number of benzene rings is 2. The van der Waals surface area contributed by atoms with Crippen molar-refractivity contribution in [1.82, 2.24) is 15.0 Å². The lowest BCUT2D eigenvalue weighted by Crippen LogP contribution is -2.34. The van der Waals surface area contributed by atoms with Crippen molar-refractivity contribution in [3.05, 3.63) is 70.2 Å². The largest absolute Gasteiger partial charge is 0.436 e. The van der Waals surface area contributed by atoms with Crippen molar-refractivity contribution < 1.29 is 8.81 Å². The molecule has 0 spiro atoms. The fourth-order valence-corrected chi connectivity index (χ4v) is 4.42. The summed E-state index contributed by atoms with van der Waals surface area (Å²) in [5, 5.41) is 0. The van der Waals surface area contributed by atoms with Crippen LogP contribution < -0.4 is 4.90 Å². The standard InChI is InChI=1S/C24H22BrFN4O/c1-2-15-13-27-24(28-14-15)30-9-7-16(8-10-30)17-3-6-22-21(11-17)29-23(31-22)19-5-4-18(25)12-20(19)26/h3-6,11-14,16H,2,7-10H2,1H3. The Morgan fingerprint density at radius 2 is 1.87 bits per heavy atom. The first-order chi connectivity index (χ1) is 15.1. The number of hydrogen-bond donors (Lipinski definition) is 0. The van der Waals surface area contributed by atoms with E-state index < -0.39 is 0 Å². The van der Waals surface area contributed by atoms with Gasteiger partial charge < -0.3 is 9.32 Å². The number of oxazole rings is 1.